The largest absolute Gasteiger partial charge is 0.452 e. The highest BCUT2D eigenvalue weighted by Crippen LogP contribution is 2.06. The highest BCUT2D eigenvalue weighted by molar-refractivity contribution is 9.09. The maximum Gasteiger partial charge on any atom is 0.423 e. The summed E-state index contributed by atoms with van der Waals surface area (Å²) in [6, 6.07) is 0. The van der Waals surface area contributed by atoms with E-state index in [1.54, 1.807) is 21.3 Å². The summed E-state index contributed by atoms with van der Waals surface area (Å²) in [7, 11) is 7.34. The summed E-state index contributed by atoms with van der Waals surface area (Å²) in [5.41, 5.74) is 5.26. The molecule has 0 spiro atoms. The summed E-state index contributed by atoms with van der Waals surface area (Å²) in [5, 5.41) is 11.0. The monoisotopic (exact) mass is 1010 g/mol. The number of unbranched alkanes of at least 4 members (excludes halogenated alkanes) is 4. The van der Waals surface area contributed by atoms with Crippen molar-refractivity contribution in [2.75, 3.05) is 112 Å². The molecule has 0 unspecified atom stereocenters. The summed E-state index contributed by atoms with van der Waals surface area (Å²) in [4.78, 5) is 55.9. The van der Waals surface area contributed by atoms with E-state index in [2.05, 4.69) is 66.7 Å². The Morgan fingerprint density at radius 1 is 0.607 bits per heavy atom. The molecule has 2 aliphatic heterocycles. The number of nitrogens with zero attached hydrogens (tertiary/aromatic N) is 2. The van der Waals surface area contributed by atoms with Gasteiger partial charge in [0.25, 0.3) is 23.6 Å². The highest BCUT2D eigenvalue weighted by Gasteiger charge is 2.30. The first-order valence-electron chi connectivity index (χ1n) is 16.9. The Bertz CT molecular complexity index is 903. The molecule has 0 saturated heterocycles. The normalized spacial score (nSPS) is 12.0. The topological polar surface area (TPSA) is 247 Å². The molecule has 18 nitrogen and oxygen atoms in total. The van der Waals surface area contributed by atoms with Gasteiger partial charge in [0.1, 0.15) is 27.2 Å². The Balaban J connectivity index is -0.000000139. The van der Waals surface area contributed by atoms with Crippen LogP contribution in [0.1, 0.15) is 58.8 Å². The van der Waals surface area contributed by atoms with Gasteiger partial charge in [-0.2, -0.15) is 4.90 Å². The van der Waals surface area contributed by atoms with Gasteiger partial charge in [0.05, 0.1) is 7.11 Å². The Hall–Kier alpha value is -1.73. The van der Waals surface area contributed by atoms with Gasteiger partial charge in [0.2, 0.25) is 0 Å². The number of aliphatic hydroxyl groups excluding tert-OH is 1. The zero-order chi connectivity index (χ0) is 41.7. The van der Waals surface area contributed by atoms with Crippen LogP contribution in [-0.2, 0) is 57.1 Å². The van der Waals surface area contributed by atoms with Crippen molar-refractivity contribution in [3.05, 3.63) is 24.3 Å². The SMILES string of the molecule is BrCCCCBr.C.COC(=O)N1C(=O)C=CC1=O.COCO.COCOCCCCBr.COCOCCCCN.COCOCCCCN1C(=O)C=CC1=O.N. The minimum atomic E-state index is -0.954. The Kier molecular flexibility index (Phi) is 65.3. The van der Waals surface area contributed by atoms with Crippen LogP contribution < -0.4 is 11.9 Å². The van der Waals surface area contributed by atoms with Crippen LogP contribution in [0.2, 0.25) is 0 Å². The van der Waals surface area contributed by atoms with Gasteiger partial charge in [-0.3, -0.25) is 24.1 Å². The number of nitrogens with two attached hydrogens (primary N) is 1. The standard InChI is InChI=1S/C10H15NO4.C6H13BrO2.C6H5NO4.C6H15NO2.C4H8Br2.C2H6O2.CH4.H3N/c1-14-8-15-7-3-2-6-11-9(12)4-5-10(11)13;1-8-6-9-5-3-2-4-7;1-11-6(10)7-4(8)2-3-5(7)9;1-8-6-9-5-3-2-4-7;5-3-1-2-4-6;1-4-2-3;;/h4-5H,2-3,6-8H2,1H3;2-6H2,1H3;2-3H,1H3;2-7H2,1H3;1-4H2;3H,2H2,1H3;1H4;1H3. The third kappa shape index (κ3) is 46.7. The van der Waals surface area contributed by atoms with Crippen molar-refractivity contribution in [1.82, 2.24) is 16.0 Å². The number of alkyl halides is 3. The van der Waals surface area contributed by atoms with Gasteiger partial charge in [-0.1, -0.05) is 55.2 Å². The third-order valence-corrected chi connectivity index (χ3v) is 7.33. The molecule has 21 heteroatoms. The van der Waals surface area contributed by atoms with E-state index in [9.17, 15) is 24.0 Å². The summed E-state index contributed by atoms with van der Waals surface area (Å²) < 4.78 is 37.5. The molecule has 0 bridgehead atoms. The number of aliphatic hydroxyl groups is 1. The zero-order valence-electron chi connectivity index (χ0n) is 33.0. The van der Waals surface area contributed by atoms with Crippen molar-refractivity contribution in [3.63, 3.8) is 0 Å². The maximum atomic E-state index is 11.1. The molecule has 0 aliphatic carbocycles. The first-order chi connectivity index (χ1) is 26.1. The fourth-order valence-electron chi connectivity index (χ4n) is 3.06. The number of methoxy groups -OCH3 is 5. The number of carbonyl (C=O) groups is 5. The molecule has 2 rings (SSSR count). The van der Waals surface area contributed by atoms with Gasteiger partial charge in [-0.05, 0) is 57.9 Å². The first kappa shape index (κ1) is 66.1. The molecule has 6 N–H and O–H groups in total. The van der Waals surface area contributed by atoms with E-state index >= 15 is 0 Å². The molecule has 0 aromatic rings. The van der Waals surface area contributed by atoms with Gasteiger partial charge in [0.15, 0.2) is 0 Å². The van der Waals surface area contributed by atoms with Gasteiger partial charge in [-0.15, -0.1) is 0 Å². The van der Waals surface area contributed by atoms with E-state index in [-0.39, 0.29) is 39.0 Å². The van der Waals surface area contributed by atoms with Crippen molar-refractivity contribution in [2.45, 2.75) is 58.8 Å². The zero-order valence-corrected chi connectivity index (χ0v) is 37.8. The second kappa shape index (κ2) is 55.4. The van der Waals surface area contributed by atoms with Crippen LogP contribution in [0.4, 0.5) is 4.79 Å². The average Bonchev–Trinajstić information content (AvgIpc) is 3.70. The van der Waals surface area contributed by atoms with E-state index in [4.69, 9.17) is 29.8 Å². The third-order valence-electron chi connectivity index (χ3n) is 5.65. The number of halogens is 3. The van der Waals surface area contributed by atoms with Crippen LogP contribution in [-0.4, -0.2) is 156 Å². The molecular formula is C35H69Br3N4O14. The van der Waals surface area contributed by atoms with Crippen molar-refractivity contribution in [1.29, 1.82) is 0 Å². The summed E-state index contributed by atoms with van der Waals surface area (Å²) >= 11 is 9.99. The van der Waals surface area contributed by atoms with Crippen molar-refractivity contribution in [2.24, 2.45) is 5.73 Å². The summed E-state index contributed by atoms with van der Waals surface area (Å²) in [6.45, 7) is 4.26. The number of hydrogen-bond donors (Lipinski definition) is 3. The molecule has 5 amide bonds. The van der Waals surface area contributed by atoms with Gasteiger partial charge in [-0.25, -0.2) is 4.79 Å². The number of hydrogen-bond acceptors (Lipinski definition) is 16. The van der Waals surface area contributed by atoms with E-state index < -0.39 is 17.9 Å². The quantitative estimate of drug-likeness (QED) is 0.0524. The van der Waals surface area contributed by atoms with Crippen LogP contribution in [0.5, 0.6) is 0 Å². The van der Waals surface area contributed by atoms with Gasteiger partial charge < -0.3 is 54.9 Å². The molecular weight excluding hydrogens is 940 g/mol. The second-order valence-corrected chi connectivity index (χ2v) is 12.4. The summed E-state index contributed by atoms with van der Waals surface area (Å²) in [6.07, 6.45) is 12.1. The lowest BCUT2D eigenvalue weighted by Crippen LogP contribution is -2.35. The molecule has 334 valence electrons. The molecule has 56 heavy (non-hydrogen) atoms. The average molecular weight is 1010 g/mol. The van der Waals surface area contributed by atoms with E-state index in [0.29, 0.717) is 31.6 Å². The molecule has 0 saturated carbocycles. The van der Waals surface area contributed by atoms with E-state index in [1.165, 1.54) is 43.4 Å². The van der Waals surface area contributed by atoms with Crippen LogP contribution in [0.25, 0.3) is 0 Å². The minimum Gasteiger partial charge on any atom is -0.452 e. The summed E-state index contributed by atoms with van der Waals surface area (Å²) in [5.74, 6) is -1.78. The number of imide groups is 4. The van der Waals surface area contributed by atoms with E-state index in [1.807, 2.05) is 0 Å². The number of carbonyl (C=O) groups excluding carboxylic acids is 5. The lowest BCUT2D eigenvalue weighted by molar-refractivity contribution is -0.137. The Labute approximate surface area is 359 Å². The molecule has 2 heterocycles. The predicted molar refractivity (Wildman–Crippen MR) is 226 cm³/mol. The second-order valence-electron chi connectivity index (χ2n) is 10.0. The highest BCUT2D eigenvalue weighted by atomic mass is 79.9. The van der Waals surface area contributed by atoms with Crippen molar-refractivity contribution >= 4 is 77.5 Å². The molecule has 2 aliphatic rings. The Morgan fingerprint density at radius 3 is 1.27 bits per heavy atom. The number of ether oxygens (including phenoxy) is 8. The molecule has 0 atom stereocenters. The lowest BCUT2D eigenvalue weighted by atomic mass is 10.3. The fourth-order valence-corrected chi connectivity index (χ4v) is 4.25. The molecule has 0 aromatic heterocycles. The molecule has 0 aromatic carbocycles. The van der Waals surface area contributed by atoms with Crippen molar-refractivity contribution in [3.8, 4) is 0 Å². The predicted octanol–water partition coefficient (Wildman–Crippen LogP) is 5.05. The lowest BCUT2D eigenvalue weighted by Gasteiger charge is -2.12. The van der Waals surface area contributed by atoms with Gasteiger partial charge in [0, 0.05) is 95.1 Å². The van der Waals surface area contributed by atoms with Crippen LogP contribution in [0.15, 0.2) is 24.3 Å². The Morgan fingerprint density at radius 2 is 0.946 bits per heavy atom. The van der Waals surface area contributed by atoms with Crippen LogP contribution >= 0.6 is 47.8 Å². The maximum absolute atomic E-state index is 11.1. The number of rotatable bonds is 23. The number of amides is 5. The smallest absolute Gasteiger partial charge is 0.423 e. The van der Waals surface area contributed by atoms with Gasteiger partial charge >= 0.3 is 6.09 Å². The van der Waals surface area contributed by atoms with Crippen molar-refractivity contribution < 1.29 is 67.0 Å². The fraction of sp³-hybridized carbons (Fsp3) is 0.743. The molecule has 0 radical (unpaired) electrons. The molecule has 0 fully saturated rings. The van der Waals surface area contributed by atoms with Crippen LogP contribution in [0, 0.1) is 0 Å². The minimum absolute atomic E-state index is 0. The van der Waals surface area contributed by atoms with Crippen LogP contribution in [0.3, 0.4) is 0 Å². The first-order valence-corrected chi connectivity index (χ1v) is 20.3. The van der Waals surface area contributed by atoms with E-state index in [0.717, 1.165) is 87.1 Å².